The molecule has 1 amide bonds. The summed E-state index contributed by atoms with van der Waals surface area (Å²) in [6.07, 6.45) is 0.375. The first-order valence-electron chi connectivity index (χ1n) is 5.76. The molecule has 1 aliphatic heterocycles. The summed E-state index contributed by atoms with van der Waals surface area (Å²) in [6, 6.07) is 4.38. The van der Waals surface area contributed by atoms with Crippen LogP contribution in [-0.2, 0) is 4.79 Å². The van der Waals surface area contributed by atoms with E-state index in [1.54, 1.807) is 11.0 Å². The molecule has 2 rings (SSSR count). The van der Waals surface area contributed by atoms with E-state index < -0.39 is 5.82 Å². The lowest BCUT2D eigenvalue weighted by atomic mass is 9.98. The van der Waals surface area contributed by atoms with E-state index in [1.165, 1.54) is 12.1 Å². The molecule has 1 atom stereocenters. The Morgan fingerprint density at radius 3 is 2.89 bits per heavy atom. The number of carbonyl (C=O) groups excluding carboxylic acids is 2. The van der Waals surface area contributed by atoms with Gasteiger partial charge in [0, 0.05) is 25.4 Å². The van der Waals surface area contributed by atoms with Crippen LogP contribution in [0.3, 0.4) is 0 Å². The molecule has 0 N–H and O–H groups in total. The molecule has 1 saturated heterocycles. The van der Waals surface area contributed by atoms with Gasteiger partial charge in [-0.3, -0.25) is 9.59 Å². The first kappa shape index (κ1) is 13.2. The molecule has 0 aromatic heterocycles. The molecule has 1 aromatic rings. The second-order valence-corrected chi connectivity index (χ2v) is 5.26. The minimum Gasteiger partial charge on any atom is -0.337 e. The third kappa shape index (κ3) is 2.46. The summed E-state index contributed by atoms with van der Waals surface area (Å²) in [4.78, 5) is 25.3. The highest BCUT2D eigenvalue weighted by atomic mass is 79.9. The summed E-state index contributed by atoms with van der Waals surface area (Å²) in [5.74, 6) is -0.657. The number of Topliss-reactive ketones (excluding diaryl/α,β-unsaturated/α-hetero) is 1. The van der Waals surface area contributed by atoms with E-state index in [2.05, 4.69) is 15.9 Å². The molecule has 18 heavy (non-hydrogen) atoms. The van der Waals surface area contributed by atoms with Gasteiger partial charge in [-0.25, -0.2) is 4.39 Å². The average Bonchev–Trinajstić information content (AvgIpc) is 2.35. The number of likely N-dealkylation sites (tertiary alicyclic amines) is 1. The van der Waals surface area contributed by atoms with Gasteiger partial charge in [0.25, 0.3) is 5.91 Å². The summed E-state index contributed by atoms with van der Waals surface area (Å²) in [6.45, 7) is 2.62. The standard InChI is InChI=1S/C13H13BrFNO2/c1-8-7-16(6-5-11(8)17)13(18)9-3-2-4-10(15)12(9)14/h2-4,8H,5-7H2,1H3. The maximum atomic E-state index is 13.4. The van der Waals surface area contributed by atoms with E-state index in [-0.39, 0.29) is 22.1 Å². The molecule has 1 aromatic carbocycles. The van der Waals surface area contributed by atoms with Crippen LogP contribution in [0, 0.1) is 11.7 Å². The summed E-state index contributed by atoms with van der Waals surface area (Å²) in [5.41, 5.74) is 0.302. The van der Waals surface area contributed by atoms with E-state index in [0.717, 1.165) is 0 Å². The number of piperidine rings is 1. The zero-order chi connectivity index (χ0) is 13.3. The molecule has 3 nitrogen and oxygen atoms in total. The van der Waals surface area contributed by atoms with Crippen LogP contribution in [0.2, 0.25) is 0 Å². The summed E-state index contributed by atoms with van der Waals surface area (Å²) < 4.78 is 13.6. The Labute approximate surface area is 113 Å². The Balaban J connectivity index is 2.22. The zero-order valence-corrected chi connectivity index (χ0v) is 11.5. The van der Waals surface area contributed by atoms with Crippen molar-refractivity contribution in [3.8, 4) is 0 Å². The second kappa shape index (κ2) is 5.18. The summed E-state index contributed by atoms with van der Waals surface area (Å²) in [7, 11) is 0. The Kier molecular flexibility index (Phi) is 3.80. The smallest absolute Gasteiger partial charge is 0.255 e. The Morgan fingerprint density at radius 2 is 2.22 bits per heavy atom. The zero-order valence-electron chi connectivity index (χ0n) is 9.95. The maximum absolute atomic E-state index is 13.4. The third-order valence-electron chi connectivity index (χ3n) is 3.14. The molecule has 1 aliphatic rings. The largest absolute Gasteiger partial charge is 0.337 e. The fourth-order valence-corrected chi connectivity index (χ4v) is 2.47. The third-order valence-corrected chi connectivity index (χ3v) is 3.95. The summed E-state index contributed by atoms with van der Waals surface area (Å²) in [5, 5.41) is 0. The van der Waals surface area contributed by atoms with Gasteiger partial charge in [-0.1, -0.05) is 13.0 Å². The van der Waals surface area contributed by atoms with Gasteiger partial charge in [0.1, 0.15) is 11.6 Å². The monoisotopic (exact) mass is 313 g/mol. The fourth-order valence-electron chi connectivity index (χ4n) is 2.04. The number of rotatable bonds is 1. The van der Waals surface area contributed by atoms with Crippen LogP contribution < -0.4 is 0 Å². The number of benzene rings is 1. The lowest BCUT2D eigenvalue weighted by Gasteiger charge is -2.30. The van der Waals surface area contributed by atoms with Crippen molar-refractivity contribution in [2.45, 2.75) is 13.3 Å². The van der Waals surface area contributed by atoms with Gasteiger partial charge in [-0.15, -0.1) is 0 Å². The van der Waals surface area contributed by atoms with E-state index >= 15 is 0 Å². The van der Waals surface area contributed by atoms with Crippen molar-refractivity contribution >= 4 is 27.6 Å². The fraction of sp³-hybridized carbons (Fsp3) is 0.385. The molecule has 1 unspecified atom stereocenters. The highest BCUT2D eigenvalue weighted by Gasteiger charge is 2.28. The van der Waals surface area contributed by atoms with E-state index in [9.17, 15) is 14.0 Å². The molecule has 0 aliphatic carbocycles. The highest BCUT2D eigenvalue weighted by molar-refractivity contribution is 9.10. The highest BCUT2D eigenvalue weighted by Crippen LogP contribution is 2.23. The number of ketones is 1. The van der Waals surface area contributed by atoms with Crippen LogP contribution in [0.1, 0.15) is 23.7 Å². The van der Waals surface area contributed by atoms with Crippen molar-refractivity contribution < 1.29 is 14.0 Å². The predicted molar refractivity (Wildman–Crippen MR) is 68.8 cm³/mol. The molecule has 96 valence electrons. The van der Waals surface area contributed by atoms with Crippen molar-refractivity contribution in [1.29, 1.82) is 0 Å². The maximum Gasteiger partial charge on any atom is 0.255 e. The Hall–Kier alpha value is -1.23. The molecule has 0 spiro atoms. The van der Waals surface area contributed by atoms with Crippen LogP contribution in [0.4, 0.5) is 4.39 Å². The SMILES string of the molecule is CC1CN(C(=O)c2cccc(F)c2Br)CCC1=O. The van der Waals surface area contributed by atoms with Crippen molar-refractivity contribution in [3.05, 3.63) is 34.1 Å². The molecule has 1 fully saturated rings. The van der Waals surface area contributed by atoms with Gasteiger partial charge >= 0.3 is 0 Å². The normalized spacial score (nSPS) is 20.1. The van der Waals surface area contributed by atoms with Crippen LogP contribution in [0.15, 0.2) is 22.7 Å². The number of halogens is 2. The number of carbonyl (C=O) groups is 2. The number of nitrogens with zero attached hydrogens (tertiary/aromatic N) is 1. The van der Waals surface area contributed by atoms with Gasteiger partial charge in [0.15, 0.2) is 0 Å². The van der Waals surface area contributed by atoms with Gasteiger partial charge in [0.2, 0.25) is 0 Å². The Morgan fingerprint density at radius 1 is 1.50 bits per heavy atom. The minimum atomic E-state index is -0.456. The average molecular weight is 314 g/mol. The van der Waals surface area contributed by atoms with Crippen LogP contribution in [0.25, 0.3) is 0 Å². The van der Waals surface area contributed by atoms with Crippen molar-refractivity contribution in [2.75, 3.05) is 13.1 Å². The van der Waals surface area contributed by atoms with Crippen LogP contribution in [0.5, 0.6) is 0 Å². The second-order valence-electron chi connectivity index (χ2n) is 4.47. The van der Waals surface area contributed by atoms with Crippen LogP contribution in [-0.4, -0.2) is 29.7 Å². The molecular weight excluding hydrogens is 301 g/mol. The number of amides is 1. The van der Waals surface area contributed by atoms with Gasteiger partial charge in [0.05, 0.1) is 10.0 Å². The molecular formula is C13H13BrFNO2. The lowest BCUT2D eigenvalue weighted by Crippen LogP contribution is -2.43. The number of hydrogen-bond acceptors (Lipinski definition) is 2. The molecule has 0 bridgehead atoms. The molecule has 0 radical (unpaired) electrons. The minimum absolute atomic E-state index is 0.143. The number of hydrogen-bond donors (Lipinski definition) is 0. The molecule has 1 heterocycles. The van der Waals surface area contributed by atoms with Gasteiger partial charge in [-0.05, 0) is 28.1 Å². The van der Waals surface area contributed by atoms with Crippen molar-refractivity contribution in [3.63, 3.8) is 0 Å². The first-order chi connectivity index (χ1) is 8.50. The molecule has 5 heteroatoms. The van der Waals surface area contributed by atoms with Crippen LogP contribution >= 0.6 is 15.9 Å². The quantitative estimate of drug-likeness (QED) is 0.799. The van der Waals surface area contributed by atoms with E-state index in [1.807, 2.05) is 6.92 Å². The first-order valence-corrected chi connectivity index (χ1v) is 6.56. The van der Waals surface area contributed by atoms with Crippen molar-refractivity contribution in [2.24, 2.45) is 5.92 Å². The van der Waals surface area contributed by atoms with Crippen molar-refractivity contribution in [1.82, 2.24) is 4.90 Å². The predicted octanol–water partition coefficient (Wildman–Crippen LogP) is 2.64. The lowest BCUT2D eigenvalue weighted by molar-refractivity contribution is -0.124. The van der Waals surface area contributed by atoms with E-state index in [0.29, 0.717) is 25.1 Å². The Bertz CT molecular complexity index is 504. The summed E-state index contributed by atoms with van der Waals surface area (Å²) >= 11 is 3.08. The van der Waals surface area contributed by atoms with Gasteiger partial charge < -0.3 is 4.90 Å². The topological polar surface area (TPSA) is 37.4 Å². The van der Waals surface area contributed by atoms with Gasteiger partial charge in [-0.2, -0.15) is 0 Å². The van der Waals surface area contributed by atoms with E-state index in [4.69, 9.17) is 0 Å². The molecule has 0 saturated carbocycles.